The van der Waals surface area contributed by atoms with Crippen LogP contribution in [0.1, 0.15) is 23.6 Å². The van der Waals surface area contributed by atoms with Gasteiger partial charge in [0.1, 0.15) is 0 Å². The Hall–Kier alpha value is -1.54. The van der Waals surface area contributed by atoms with E-state index in [9.17, 15) is 13.2 Å². The third-order valence-corrected chi connectivity index (χ3v) is 1.90. The highest BCUT2D eigenvalue weighted by molar-refractivity contribution is 5.34. The first-order valence-corrected chi connectivity index (χ1v) is 4.25. The highest BCUT2D eigenvalue weighted by atomic mass is 19.4. The molecule has 0 amide bonds. The van der Waals surface area contributed by atoms with Gasteiger partial charge < -0.3 is 5.73 Å². The van der Waals surface area contributed by atoms with Crippen molar-refractivity contribution >= 4 is 0 Å². The van der Waals surface area contributed by atoms with Crippen molar-refractivity contribution in [1.82, 2.24) is 0 Å². The van der Waals surface area contributed by atoms with E-state index in [1.54, 1.807) is 0 Å². The van der Waals surface area contributed by atoms with Gasteiger partial charge in [-0.2, -0.15) is 18.4 Å². The fourth-order valence-corrected chi connectivity index (χ4v) is 1.21. The monoisotopic (exact) mass is 214 g/mol. The van der Waals surface area contributed by atoms with Crippen molar-refractivity contribution < 1.29 is 13.2 Å². The number of nitriles is 1. The average Bonchev–Trinajstić information content (AvgIpc) is 2.15. The summed E-state index contributed by atoms with van der Waals surface area (Å²) in [5.74, 6) is 0. The van der Waals surface area contributed by atoms with Crippen molar-refractivity contribution in [2.24, 2.45) is 5.73 Å². The summed E-state index contributed by atoms with van der Waals surface area (Å²) in [4.78, 5) is 0. The summed E-state index contributed by atoms with van der Waals surface area (Å²) < 4.78 is 36.1. The molecule has 1 aromatic rings. The molecule has 5 heteroatoms. The normalized spacial score (nSPS) is 13.3. The molecule has 80 valence electrons. The lowest BCUT2D eigenvalue weighted by molar-refractivity contribution is -0.138. The van der Waals surface area contributed by atoms with Gasteiger partial charge in [-0.05, 0) is 17.7 Å². The third-order valence-electron chi connectivity index (χ3n) is 1.90. The number of halogens is 3. The Labute approximate surface area is 85.1 Å². The number of hydrogen-bond donors (Lipinski definition) is 1. The summed E-state index contributed by atoms with van der Waals surface area (Å²) >= 11 is 0. The molecule has 0 aromatic heterocycles. The van der Waals surface area contributed by atoms with E-state index in [2.05, 4.69) is 0 Å². The minimum atomic E-state index is -4.29. The minimum Gasteiger partial charge on any atom is -0.324 e. The minimum absolute atomic E-state index is 0.310. The number of nitrogens with two attached hydrogens (primary N) is 1. The van der Waals surface area contributed by atoms with Gasteiger partial charge in [0.15, 0.2) is 0 Å². The van der Waals surface area contributed by atoms with E-state index in [0.717, 1.165) is 0 Å². The van der Waals surface area contributed by atoms with Gasteiger partial charge in [0.25, 0.3) is 0 Å². The average molecular weight is 214 g/mol. The second-order valence-electron chi connectivity index (χ2n) is 3.16. The second kappa shape index (κ2) is 4.32. The zero-order valence-corrected chi connectivity index (χ0v) is 7.75. The lowest BCUT2D eigenvalue weighted by Crippen LogP contribution is -2.20. The lowest BCUT2D eigenvalue weighted by atomic mass is 10.0. The Balaban J connectivity index is 2.83. The molecule has 0 saturated heterocycles. The molecule has 0 bridgehead atoms. The Kier molecular flexibility index (Phi) is 3.32. The topological polar surface area (TPSA) is 49.8 Å². The summed E-state index contributed by atoms with van der Waals surface area (Å²) in [6.07, 6.45) is -5.37. The van der Waals surface area contributed by atoms with Gasteiger partial charge >= 0.3 is 6.18 Å². The Morgan fingerprint density at radius 3 is 2.60 bits per heavy atom. The first-order valence-electron chi connectivity index (χ1n) is 4.25. The van der Waals surface area contributed by atoms with Crippen LogP contribution in [0.3, 0.4) is 0 Å². The van der Waals surface area contributed by atoms with Crippen LogP contribution in [-0.4, -0.2) is 6.18 Å². The summed E-state index contributed by atoms with van der Waals surface area (Å²) in [7, 11) is 0. The van der Waals surface area contributed by atoms with Gasteiger partial charge in [-0.15, -0.1) is 0 Å². The number of nitrogens with zero attached hydrogens (tertiary/aromatic N) is 1. The summed E-state index contributed by atoms with van der Waals surface area (Å²) in [5.41, 5.74) is 6.01. The number of hydrogen-bond acceptors (Lipinski definition) is 2. The van der Waals surface area contributed by atoms with E-state index in [-0.39, 0.29) is 0 Å². The summed E-state index contributed by atoms with van der Waals surface area (Å²) in [6.45, 7) is 0. The molecule has 0 fully saturated rings. The van der Waals surface area contributed by atoms with E-state index in [4.69, 9.17) is 11.0 Å². The Morgan fingerprint density at radius 1 is 1.40 bits per heavy atom. The van der Waals surface area contributed by atoms with Crippen LogP contribution in [0.5, 0.6) is 0 Å². The zero-order chi connectivity index (χ0) is 11.5. The maximum Gasteiger partial charge on any atom is 0.390 e. The van der Waals surface area contributed by atoms with Gasteiger partial charge in [-0.25, -0.2) is 0 Å². The molecule has 0 unspecified atom stereocenters. The zero-order valence-electron chi connectivity index (χ0n) is 7.75. The fraction of sp³-hybridized carbons (Fsp3) is 0.300. The molecule has 0 heterocycles. The van der Waals surface area contributed by atoms with Crippen LogP contribution < -0.4 is 5.73 Å². The summed E-state index contributed by atoms with van der Waals surface area (Å²) in [6, 6.07) is 6.63. The van der Waals surface area contributed by atoms with Crippen LogP contribution in [0.25, 0.3) is 0 Å². The van der Waals surface area contributed by atoms with Crippen LogP contribution in [0.15, 0.2) is 24.3 Å². The first-order chi connectivity index (χ1) is 6.92. The molecule has 0 aliphatic rings. The van der Waals surface area contributed by atoms with E-state index < -0.39 is 18.6 Å². The SMILES string of the molecule is N#Cc1cccc([C@H](N)CC(F)(F)F)c1. The van der Waals surface area contributed by atoms with Crippen LogP contribution in [0, 0.1) is 11.3 Å². The quantitative estimate of drug-likeness (QED) is 0.822. The second-order valence-corrected chi connectivity index (χ2v) is 3.16. The number of rotatable bonds is 2. The predicted octanol–water partition coefficient (Wildman–Crippen LogP) is 2.51. The molecule has 0 aliphatic heterocycles. The molecule has 0 aliphatic carbocycles. The lowest BCUT2D eigenvalue weighted by Gasteiger charge is -2.14. The van der Waals surface area contributed by atoms with Crippen LogP contribution in [0.2, 0.25) is 0 Å². The van der Waals surface area contributed by atoms with Crippen molar-refractivity contribution in [3.05, 3.63) is 35.4 Å². The molecule has 2 nitrogen and oxygen atoms in total. The Bertz CT molecular complexity index is 379. The molecule has 0 saturated carbocycles. The maximum absolute atomic E-state index is 12.0. The summed E-state index contributed by atoms with van der Waals surface area (Å²) in [5, 5.41) is 8.56. The van der Waals surface area contributed by atoms with E-state index in [1.165, 1.54) is 24.3 Å². The van der Waals surface area contributed by atoms with Gasteiger partial charge in [0.2, 0.25) is 0 Å². The standard InChI is InChI=1S/C10H9F3N2/c11-10(12,13)5-9(15)8-3-1-2-7(4-8)6-14/h1-4,9H,5,15H2/t9-/m1/s1. The van der Waals surface area contributed by atoms with Gasteiger partial charge in [0.05, 0.1) is 18.1 Å². The largest absolute Gasteiger partial charge is 0.390 e. The smallest absolute Gasteiger partial charge is 0.324 e. The van der Waals surface area contributed by atoms with Crippen molar-refractivity contribution in [2.75, 3.05) is 0 Å². The van der Waals surface area contributed by atoms with E-state index >= 15 is 0 Å². The molecule has 0 radical (unpaired) electrons. The van der Waals surface area contributed by atoms with E-state index in [1.807, 2.05) is 6.07 Å². The van der Waals surface area contributed by atoms with Gasteiger partial charge in [0, 0.05) is 6.04 Å². The molecular weight excluding hydrogens is 205 g/mol. The third kappa shape index (κ3) is 3.60. The molecule has 1 rings (SSSR count). The number of alkyl halides is 3. The number of benzene rings is 1. The highest BCUT2D eigenvalue weighted by Gasteiger charge is 2.30. The predicted molar refractivity (Wildman–Crippen MR) is 48.8 cm³/mol. The maximum atomic E-state index is 12.0. The van der Waals surface area contributed by atoms with Gasteiger partial charge in [-0.3, -0.25) is 0 Å². The molecule has 2 N–H and O–H groups in total. The fourth-order valence-electron chi connectivity index (χ4n) is 1.21. The first kappa shape index (κ1) is 11.5. The Morgan fingerprint density at radius 2 is 2.07 bits per heavy atom. The van der Waals surface area contributed by atoms with Crippen molar-refractivity contribution in [3.8, 4) is 6.07 Å². The molecule has 15 heavy (non-hydrogen) atoms. The van der Waals surface area contributed by atoms with Gasteiger partial charge in [-0.1, -0.05) is 12.1 Å². The molecule has 0 spiro atoms. The van der Waals surface area contributed by atoms with Crippen LogP contribution in [-0.2, 0) is 0 Å². The van der Waals surface area contributed by atoms with Crippen molar-refractivity contribution in [2.45, 2.75) is 18.6 Å². The van der Waals surface area contributed by atoms with Crippen LogP contribution in [0.4, 0.5) is 13.2 Å². The van der Waals surface area contributed by atoms with E-state index in [0.29, 0.717) is 11.1 Å². The molecular formula is C10H9F3N2. The van der Waals surface area contributed by atoms with Crippen molar-refractivity contribution in [3.63, 3.8) is 0 Å². The highest BCUT2D eigenvalue weighted by Crippen LogP contribution is 2.27. The van der Waals surface area contributed by atoms with Crippen molar-refractivity contribution in [1.29, 1.82) is 5.26 Å². The molecule has 1 aromatic carbocycles. The van der Waals surface area contributed by atoms with Crippen LogP contribution >= 0.6 is 0 Å². The molecule has 1 atom stereocenters.